The molecule has 0 radical (unpaired) electrons. The normalized spacial score (nSPS) is 11.8. The van der Waals surface area contributed by atoms with Gasteiger partial charge in [0, 0.05) is 18.4 Å². The fourth-order valence-electron chi connectivity index (χ4n) is 2.15. The summed E-state index contributed by atoms with van der Waals surface area (Å²) in [6.45, 7) is 6.52. The Morgan fingerprint density at radius 2 is 2.19 bits per heavy atom. The van der Waals surface area contributed by atoms with E-state index in [2.05, 4.69) is 20.3 Å². The summed E-state index contributed by atoms with van der Waals surface area (Å²) < 4.78 is 7.22. The summed E-state index contributed by atoms with van der Waals surface area (Å²) in [5.74, 6) is 2.04. The maximum Gasteiger partial charge on any atom is 0.237 e. The zero-order valence-electron chi connectivity index (χ0n) is 14.8. The number of thiophene rings is 1. The SMILES string of the molecule is CC(C)(C)c1noc(CSc2nnc(-c3cccs3)n2CCC(N)=O)n1. The number of primary amides is 1. The van der Waals surface area contributed by atoms with Gasteiger partial charge < -0.3 is 14.8 Å². The lowest BCUT2D eigenvalue weighted by Crippen LogP contribution is -2.15. The Labute approximate surface area is 159 Å². The number of aromatic nitrogens is 5. The Balaban J connectivity index is 1.78. The number of hydrogen-bond acceptors (Lipinski definition) is 8. The molecule has 0 aliphatic rings. The Hall–Kier alpha value is -2.20. The predicted molar refractivity (Wildman–Crippen MR) is 99.7 cm³/mol. The van der Waals surface area contributed by atoms with Gasteiger partial charge in [-0.2, -0.15) is 4.98 Å². The molecule has 0 fully saturated rings. The zero-order valence-corrected chi connectivity index (χ0v) is 16.4. The standard InChI is InChI=1S/C16H20N6O2S2/c1-16(2,3)14-18-12(24-21-14)9-26-15-20-19-13(10-5-4-8-25-10)22(15)7-6-11(17)23/h4-5,8H,6-7,9H2,1-3H3,(H2,17,23). The zero-order chi connectivity index (χ0) is 18.7. The summed E-state index contributed by atoms with van der Waals surface area (Å²) in [7, 11) is 0. The monoisotopic (exact) mass is 392 g/mol. The van der Waals surface area contributed by atoms with Crippen molar-refractivity contribution in [3.63, 3.8) is 0 Å². The molecular weight excluding hydrogens is 372 g/mol. The third kappa shape index (κ3) is 4.31. The summed E-state index contributed by atoms with van der Waals surface area (Å²) in [4.78, 5) is 16.6. The number of nitrogens with zero attached hydrogens (tertiary/aromatic N) is 5. The molecule has 3 aromatic rings. The number of carbonyl (C=O) groups is 1. The molecule has 0 saturated carbocycles. The minimum atomic E-state index is -0.363. The van der Waals surface area contributed by atoms with Crippen molar-refractivity contribution in [2.45, 2.75) is 50.1 Å². The van der Waals surface area contributed by atoms with E-state index in [0.29, 0.717) is 29.2 Å². The maximum absolute atomic E-state index is 11.2. The van der Waals surface area contributed by atoms with Crippen molar-refractivity contribution in [2.24, 2.45) is 5.73 Å². The van der Waals surface area contributed by atoms with Crippen LogP contribution >= 0.6 is 23.1 Å². The van der Waals surface area contributed by atoms with Crippen LogP contribution in [0.2, 0.25) is 0 Å². The van der Waals surface area contributed by atoms with Gasteiger partial charge in [-0.05, 0) is 11.4 Å². The fraction of sp³-hybridized carbons (Fsp3) is 0.438. The quantitative estimate of drug-likeness (QED) is 0.615. The third-order valence-electron chi connectivity index (χ3n) is 3.50. The summed E-state index contributed by atoms with van der Waals surface area (Å²) in [6, 6.07) is 3.92. The Morgan fingerprint density at radius 3 is 2.81 bits per heavy atom. The molecule has 26 heavy (non-hydrogen) atoms. The van der Waals surface area contributed by atoms with Crippen molar-refractivity contribution >= 4 is 29.0 Å². The van der Waals surface area contributed by atoms with Gasteiger partial charge >= 0.3 is 0 Å². The van der Waals surface area contributed by atoms with Gasteiger partial charge in [0.1, 0.15) is 0 Å². The topological polar surface area (TPSA) is 113 Å². The van der Waals surface area contributed by atoms with Crippen LogP contribution in [0.5, 0.6) is 0 Å². The molecule has 0 atom stereocenters. The fourth-order valence-corrected chi connectivity index (χ4v) is 3.67. The van der Waals surface area contributed by atoms with Crippen LogP contribution in [0.3, 0.4) is 0 Å². The van der Waals surface area contributed by atoms with E-state index in [1.165, 1.54) is 11.8 Å². The molecule has 3 heterocycles. The first-order chi connectivity index (χ1) is 12.3. The minimum absolute atomic E-state index is 0.166. The van der Waals surface area contributed by atoms with Crippen LogP contribution in [0.1, 0.15) is 38.9 Å². The average molecular weight is 393 g/mol. The van der Waals surface area contributed by atoms with Gasteiger partial charge in [-0.25, -0.2) is 0 Å². The number of rotatable bonds is 7. The first-order valence-electron chi connectivity index (χ1n) is 8.06. The number of hydrogen-bond donors (Lipinski definition) is 1. The van der Waals surface area contributed by atoms with Crippen molar-refractivity contribution in [3.05, 3.63) is 29.2 Å². The molecular formula is C16H20N6O2S2. The van der Waals surface area contributed by atoms with Gasteiger partial charge in [0.15, 0.2) is 16.8 Å². The predicted octanol–water partition coefficient (Wildman–Crippen LogP) is 2.85. The van der Waals surface area contributed by atoms with Crippen LogP contribution < -0.4 is 5.73 Å². The molecule has 3 rings (SSSR count). The lowest BCUT2D eigenvalue weighted by molar-refractivity contribution is -0.118. The Kier molecular flexibility index (Phi) is 5.42. The molecule has 0 unspecified atom stereocenters. The van der Waals surface area contributed by atoms with E-state index in [9.17, 15) is 4.79 Å². The van der Waals surface area contributed by atoms with Gasteiger partial charge in [-0.1, -0.05) is 43.8 Å². The molecule has 0 bridgehead atoms. The highest BCUT2D eigenvalue weighted by molar-refractivity contribution is 7.98. The van der Waals surface area contributed by atoms with Crippen molar-refractivity contribution < 1.29 is 9.32 Å². The molecule has 0 spiro atoms. The number of thioether (sulfide) groups is 1. The smallest absolute Gasteiger partial charge is 0.237 e. The van der Waals surface area contributed by atoms with E-state index in [1.54, 1.807) is 11.3 Å². The van der Waals surface area contributed by atoms with Gasteiger partial charge in [0.05, 0.1) is 10.6 Å². The number of carbonyl (C=O) groups excluding carboxylic acids is 1. The van der Waals surface area contributed by atoms with Crippen LogP contribution in [0.15, 0.2) is 27.2 Å². The van der Waals surface area contributed by atoms with Crippen LogP contribution in [-0.2, 0) is 22.5 Å². The molecule has 10 heteroatoms. The molecule has 138 valence electrons. The highest BCUT2D eigenvalue weighted by atomic mass is 32.2. The Morgan fingerprint density at radius 1 is 1.38 bits per heavy atom. The van der Waals surface area contributed by atoms with Crippen molar-refractivity contribution in [1.29, 1.82) is 0 Å². The molecule has 0 aliphatic carbocycles. The molecule has 1 amide bonds. The molecule has 8 nitrogen and oxygen atoms in total. The lowest BCUT2D eigenvalue weighted by atomic mass is 9.96. The van der Waals surface area contributed by atoms with Crippen molar-refractivity contribution in [2.75, 3.05) is 0 Å². The van der Waals surface area contributed by atoms with E-state index in [-0.39, 0.29) is 17.7 Å². The summed E-state index contributed by atoms with van der Waals surface area (Å²) >= 11 is 3.01. The highest BCUT2D eigenvalue weighted by Crippen LogP contribution is 2.29. The average Bonchev–Trinajstić information content (AvgIpc) is 3.29. The van der Waals surface area contributed by atoms with Gasteiger partial charge in [0.2, 0.25) is 11.8 Å². The summed E-state index contributed by atoms with van der Waals surface area (Å²) in [5, 5.41) is 15.2. The maximum atomic E-state index is 11.2. The summed E-state index contributed by atoms with van der Waals surface area (Å²) in [6.07, 6.45) is 0.221. The molecule has 0 aliphatic heterocycles. The first kappa shape index (κ1) is 18.6. The molecule has 3 aromatic heterocycles. The second-order valence-corrected chi connectivity index (χ2v) is 8.59. The van der Waals surface area contributed by atoms with Crippen LogP contribution in [0.4, 0.5) is 0 Å². The third-order valence-corrected chi connectivity index (χ3v) is 5.32. The number of amides is 1. The largest absolute Gasteiger partial charge is 0.370 e. The van der Waals surface area contributed by atoms with Crippen molar-refractivity contribution in [1.82, 2.24) is 24.9 Å². The second kappa shape index (κ2) is 7.58. The Bertz CT molecular complexity index is 879. The van der Waals surface area contributed by atoms with E-state index < -0.39 is 0 Å². The lowest BCUT2D eigenvalue weighted by Gasteiger charge is -2.10. The van der Waals surface area contributed by atoms with E-state index >= 15 is 0 Å². The van der Waals surface area contributed by atoms with Crippen LogP contribution in [0.25, 0.3) is 10.7 Å². The van der Waals surface area contributed by atoms with Crippen LogP contribution in [0, 0.1) is 0 Å². The molecule has 0 aromatic carbocycles. The van der Waals surface area contributed by atoms with Gasteiger partial charge in [-0.3, -0.25) is 4.79 Å². The second-order valence-electron chi connectivity index (χ2n) is 6.70. The van der Waals surface area contributed by atoms with E-state index in [4.69, 9.17) is 10.3 Å². The minimum Gasteiger partial charge on any atom is -0.370 e. The molecule has 2 N–H and O–H groups in total. The van der Waals surface area contributed by atoms with E-state index in [1.807, 2.05) is 42.9 Å². The van der Waals surface area contributed by atoms with Crippen LogP contribution in [-0.4, -0.2) is 30.8 Å². The van der Waals surface area contributed by atoms with Gasteiger partial charge in [0.25, 0.3) is 0 Å². The number of nitrogens with two attached hydrogens (primary N) is 1. The van der Waals surface area contributed by atoms with Crippen molar-refractivity contribution in [3.8, 4) is 10.7 Å². The first-order valence-corrected chi connectivity index (χ1v) is 9.92. The van der Waals surface area contributed by atoms with E-state index in [0.717, 1.165) is 10.7 Å². The molecule has 0 saturated heterocycles. The summed E-state index contributed by atoms with van der Waals surface area (Å²) in [5.41, 5.74) is 5.14. The highest BCUT2D eigenvalue weighted by Gasteiger charge is 2.22. The van der Waals surface area contributed by atoms with Gasteiger partial charge in [-0.15, -0.1) is 21.5 Å².